The molecular weight excluding hydrogens is 553 g/mol. The van der Waals surface area contributed by atoms with Gasteiger partial charge in [0.05, 0.1) is 0 Å². The van der Waals surface area contributed by atoms with Crippen molar-refractivity contribution in [2.45, 2.75) is 89.9 Å². The molecule has 2 aromatic rings. The fourth-order valence-electron chi connectivity index (χ4n) is 6.82. The number of nitrogens with zero attached hydrogens (tertiary/aromatic N) is 2. The molecule has 0 spiro atoms. The summed E-state index contributed by atoms with van der Waals surface area (Å²) < 4.78 is 42.6. The van der Waals surface area contributed by atoms with E-state index < -0.39 is 43.0 Å². The summed E-state index contributed by atoms with van der Waals surface area (Å²) in [5.74, 6) is 0.941. The summed E-state index contributed by atoms with van der Waals surface area (Å²) in [5.41, 5.74) is 0.951. The van der Waals surface area contributed by atoms with Crippen LogP contribution in [0.3, 0.4) is 0 Å². The molecule has 0 unspecified atom stereocenters. The van der Waals surface area contributed by atoms with Gasteiger partial charge in [-0.3, -0.25) is 4.79 Å². The lowest BCUT2D eigenvalue weighted by Crippen LogP contribution is -2.86. The molecule has 1 aromatic carbocycles. The molecule has 220 valence electrons. The molecule has 1 N–H and O–H groups in total. The summed E-state index contributed by atoms with van der Waals surface area (Å²) in [5, 5.41) is -2.43. The average Bonchev–Trinajstić information content (AvgIpc) is 3.68. The van der Waals surface area contributed by atoms with Crippen molar-refractivity contribution in [1.29, 1.82) is 0 Å². The highest BCUT2D eigenvalue weighted by Gasteiger charge is 2.59. The number of hydrogen-bond acceptors (Lipinski definition) is 7. The van der Waals surface area contributed by atoms with E-state index in [9.17, 15) is 13.2 Å². The maximum atomic E-state index is 13.7. The van der Waals surface area contributed by atoms with Crippen LogP contribution in [0.4, 0.5) is 5.82 Å². The molecule has 5 rings (SSSR count). The second-order valence-electron chi connectivity index (χ2n) is 14.8. The zero-order valence-corrected chi connectivity index (χ0v) is 28.2. The minimum absolute atomic E-state index is 0.207. The Morgan fingerprint density at radius 1 is 0.953 bits per heavy atom. The lowest BCUT2D eigenvalue weighted by atomic mass is 9.30. The number of aromatic nitrogens is 1. The molecule has 3 fully saturated rings. The predicted octanol–water partition coefficient (Wildman–Crippen LogP) is -4.63. The van der Waals surface area contributed by atoms with Gasteiger partial charge < -0.3 is 14.4 Å². The Balaban J connectivity index is 1.41. The van der Waals surface area contributed by atoms with E-state index in [-0.39, 0.29) is 5.03 Å². The molecule has 43 heavy (non-hydrogen) atoms. The van der Waals surface area contributed by atoms with Crippen LogP contribution in [0.25, 0.3) is 0 Å². The number of ether oxygens (including phenoxy) is 2. The number of anilines is 1. The topological polar surface area (TPSA) is 97.8 Å². The first-order valence-corrected chi connectivity index (χ1v) is 17.2. The van der Waals surface area contributed by atoms with E-state index in [2.05, 4.69) is 58.1 Å². The number of carbonyl (C=O) groups excluding carboxylic acids is 1. The van der Waals surface area contributed by atoms with Gasteiger partial charge in [-0.1, -0.05) is 37.5 Å². The van der Waals surface area contributed by atoms with Crippen molar-refractivity contribution in [2.24, 2.45) is 0 Å². The maximum absolute atomic E-state index is 13.7. The van der Waals surface area contributed by atoms with Gasteiger partial charge in [0.25, 0.3) is 15.9 Å². The summed E-state index contributed by atoms with van der Waals surface area (Å²) in [6.45, 7) is 2.00. The Morgan fingerprint density at radius 3 is 2.14 bits per heavy atom. The van der Waals surface area contributed by atoms with Crippen molar-refractivity contribution in [3.63, 3.8) is 0 Å². The first-order chi connectivity index (χ1) is 19.8. The minimum Gasteiger partial charge on any atom is -0.477 e. The van der Waals surface area contributed by atoms with Crippen LogP contribution in [0.2, 0.25) is 0 Å². The van der Waals surface area contributed by atoms with Gasteiger partial charge in [-0.2, -0.15) is 8.42 Å². The van der Waals surface area contributed by atoms with E-state index in [1.54, 1.807) is 6.07 Å². The van der Waals surface area contributed by atoms with E-state index in [1.165, 1.54) is 25.3 Å². The predicted molar refractivity (Wildman–Crippen MR) is 192 cm³/mol. The molecule has 0 bridgehead atoms. The van der Waals surface area contributed by atoms with Crippen LogP contribution in [-0.2, 0) is 19.6 Å². The van der Waals surface area contributed by atoms with Crippen LogP contribution in [0.5, 0.6) is 5.75 Å². The summed E-state index contributed by atoms with van der Waals surface area (Å²) >= 11 is 0. The van der Waals surface area contributed by atoms with E-state index in [0.29, 0.717) is 30.3 Å². The Kier molecular flexibility index (Phi) is 8.06. The number of nitrogens with one attached hydrogen (secondary N) is 1. The molecular formula is C26H41B8N3O5S. The maximum Gasteiger partial charge on any atom is 0.281 e. The van der Waals surface area contributed by atoms with Gasteiger partial charge in [-0.15, -0.1) is 0 Å². The number of amides is 1. The average molecular weight is 594 g/mol. The Morgan fingerprint density at radius 2 is 1.56 bits per heavy atom. The summed E-state index contributed by atoms with van der Waals surface area (Å²) in [6.07, 6.45) is 6.72. The molecule has 17 heteroatoms. The van der Waals surface area contributed by atoms with Gasteiger partial charge in [0.1, 0.15) is 74.3 Å². The first kappa shape index (κ1) is 32.3. The zero-order valence-electron chi connectivity index (χ0n) is 27.3. The van der Waals surface area contributed by atoms with Crippen molar-refractivity contribution >= 4 is 84.5 Å². The number of carbonyl (C=O) groups is 1. The summed E-state index contributed by atoms with van der Waals surface area (Å²) in [7, 11) is 12.2. The minimum atomic E-state index is -4.28. The SMILES string of the molecule is BC1(B)OC(B)(B)C(B)(B)N(c2cccc(S(=O)(=O)NC(=O)C3(Oc4cc(C)ccc4C4CCCCC4)CC3)n2)C1(B)B. The molecule has 1 saturated heterocycles. The Hall–Kier alpha value is -2.13. The first-order valence-electron chi connectivity index (χ1n) is 15.7. The van der Waals surface area contributed by atoms with Gasteiger partial charge in [0, 0.05) is 23.6 Å². The Labute approximate surface area is 264 Å². The van der Waals surface area contributed by atoms with Crippen LogP contribution >= 0.6 is 0 Å². The smallest absolute Gasteiger partial charge is 0.281 e. The van der Waals surface area contributed by atoms with Gasteiger partial charge in [-0.05, 0) is 65.7 Å². The third-order valence-electron chi connectivity index (χ3n) is 10.7. The molecule has 1 aromatic heterocycles. The molecule has 2 saturated carbocycles. The quantitative estimate of drug-likeness (QED) is 0.323. The molecule has 2 heterocycles. The van der Waals surface area contributed by atoms with Gasteiger partial charge in [-0.25, -0.2) is 9.71 Å². The number of pyridine rings is 1. The second-order valence-corrected chi connectivity index (χ2v) is 16.4. The summed E-state index contributed by atoms with van der Waals surface area (Å²) in [6, 6.07) is 11.1. The van der Waals surface area contributed by atoms with Gasteiger partial charge in [0.2, 0.25) is 0 Å². The lowest BCUT2D eigenvalue weighted by molar-refractivity contribution is -0.128. The zero-order chi connectivity index (χ0) is 31.6. The number of hydrogen-bond donors (Lipinski definition) is 1. The largest absolute Gasteiger partial charge is 0.477 e. The van der Waals surface area contributed by atoms with Gasteiger partial charge in [0.15, 0.2) is 10.6 Å². The molecule has 0 atom stereocenters. The molecule has 0 radical (unpaired) electrons. The number of aryl methyl sites for hydroxylation is 1. The van der Waals surface area contributed by atoms with Crippen LogP contribution in [-0.4, -0.2) is 109 Å². The van der Waals surface area contributed by atoms with Crippen LogP contribution < -0.4 is 14.4 Å². The van der Waals surface area contributed by atoms with Gasteiger partial charge >= 0.3 is 0 Å². The van der Waals surface area contributed by atoms with Crippen molar-refractivity contribution in [3.8, 4) is 5.75 Å². The third kappa shape index (κ3) is 5.73. The lowest BCUT2D eigenvalue weighted by Gasteiger charge is -2.69. The van der Waals surface area contributed by atoms with E-state index >= 15 is 0 Å². The van der Waals surface area contributed by atoms with Crippen molar-refractivity contribution in [1.82, 2.24) is 9.71 Å². The highest BCUT2D eigenvalue weighted by atomic mass is 32.2. The number of morpholine rings is 1. The normalized spacial score (nSPS) is 23.6. The molecule has 3 aliphatic rings. The molecule has 1 aliphatic heterocycles. The van der Waals surface area contributed by atoms with Crippen molar-refractivity contribution in [3.05, 3.63) is 47.5 Å². The van der Waals surface area contributed by atoms with Crippen molar-refractivity contribution in [2.75, 3.05) is 4.90 Å². The van der Waals surface area contributed by atoms with E-state index in [0.717, 1.165) is 24.0 Å². The van der Waals surface area contributed by atoms with E-state index in [4.69, 9.17) is 9.47 Å². The van der Waals surface area contributed by atoms with Crippen LogP contribution in [0, 0.1) is 6.92 Å². The van der Waals surface area contributed by atoms with Crippen LogP contribution in [0.1, 0.15) is 62.0 Å². The molecule has 8 nitrogen and oxygen atoms in total. The second kappa shape index (κ2) is 10.7. The summed E-state index contributed by atoms with van der Waals surface area (Å²) in [4.78, 5) is 20.4. The monoisotopic (exact) mass is 595 g/mol. The molecule has 1 amide bonds. The standard InChI is InChI=1S/C26H41B8N3O5S/c1-15-10-11-17(16-6-3-2-4-7-16)18(14-15)41-22(12-13-22)21(38)36-43(39,40)20-9-5-8-19(35-20)37-23(27,28)25(31,32)42-26(33,34)24(37,29)30/h5,8-11,14,16H,2-4,6-7,12-13,27-34H2,1H3,(H,36,38). The third-order valence-corrected chi connectivity index (χ3v) is 11.9. The molecule has 2 aliphatic carbocycles. The fraction of sp³-hybridized carbons (Fsp3) is 0.538. The number of rotatable bonds is 7. The highest BCUT2D eigenvalue weighted by molar-refractivity contribution is 7.90. The van der Waals surface area contributed by atoms with E-state index in [1.807, 2.05) is 50.4 Å². The fourth-order valence-corrected chi connectivity index (χ4v) is 7.83. The highest BCUT2D eigenvalue weighted by Crippen LogP contribution is 2.46. The Bertz CT molecular complexity index is 1500. The number of sulfonamides is 1. The van der Waals surface area contributed by atoms with Crippen LogP contribution in [0.15, 0.2) is 41.4 Å². The van der Waals surface area contributed by atoms with Crippen molar-refractivity contribution < 1.29 is 22.7 Å². The number of benzene rings is 1.